The highest BCUT2D eigenvalue weighted by Gasteiger charge is 2.07. The molecule has 0 unspecified atom stereocenters. The number of nitrogens with one attached hydrogen (secondary N) is 1. The van der Waals surface area contributed by atoms with Crippen molar-refractivity contribution in [3.8, 4) is 16.8 Å². The van der Waals surface area contributed by atoms with Crippen molar-refractivity contribution in [1.82, 2.24) is 19.5 Å². The Labute approximate surface area is 157 Å². The summed E-state index contributed by atoms with van der Waals surface area (Å²) in [5, 5.41) is 0. The first-order valence-corrected chi connectivity index (χ1v) is 8.97. The lowest BCUT2D eigenvalue weighted by atomic mass is 10.0. The monoisotopic (exact) mass is 350 g/mol. The van der Waals surface area contributed by atoms with E-state index in [9.17, 15) is 0 Å². The molecular weight excluding hydrogens is 332 g/mol. The van der Waals surface area contributed by atoms with Gasteiger partial charge < -0.3 is 9.55 Å². The average Bonchev–Trinajstić information content (AvgIpc) is 3.38. The summed E-state index contributed by atoms with van der Waals surface area (Å²) in [6.07, 6.45) is 6.38. The van der Waals surface area contributed by atoms with E-state index in [4.69, 9.17) is 0 Å². The standard InChI is InChI=1S/C23H18N4/c1-4-8-22(27-14-13-24-16-27)19(5-1)18-11-9-17(10-12-18)15-23-25-20-6-2-3-7-21(20)26-23/h1-14,16H,15H2,(H,25,26). The fourth-order valence-electron chi connectivity index (χ4n) is 3.43. The van der Waals surface area contributed by atoms with Gasteiger partial charge in [-0.3, -0.25) is 0 Å². The number of H-pyrrole nitrogens is 1. The Balaban J connectivity index is 1.44. The number of hydrogen-bond acceptors (Lipinski definition) is 2. The second-order valence-corrected chi connectivity index (χ2v) is 6.56. The van der Waals surface area contributed by atoms with Gasteiger partial charge in [-0.15, -0.1) is 0 Å². The van der Waals surface area contributed by atoms with Gasteiger partial charge in [-0.2, -0.15) is 0 Å². The van der Waals surface area contributed by atoms with Crippen molar-refractivity contribution < 1.29 is 0 Å². The van der Waals surface area contributed by atoms with Crippen molar-refractivity contribution in [2.75, 3.05) is 0 Å². The molecule has 0 fully saturated rings. The molecule has 4 nitrogen and oxygen atoms in total. The summed E-state index contributed by atoms with van der Waals surface area (Å²) in [6, 6.07) is 25.2. The molecule has 1 N–H and O–H groups in total. The Morgan fingerprint density at radius 1 is 0.852 bits per heavy atom. The van der Waals surface area contributed by atoms with E-state index >= 15 is 0 Å². The molecule has 0 aliphatic rings. The van der Waals surface area contributed by atoms with Crippen molar-refractivity contribution in [3.05, 3.63) is 103 Å². The molecule has 4 heteroatoms. The Kier molecular flexibility index (Phi) is 3.79. The topological polar surface area (TPSA) is 46.5 Å². The van der Waals surface area contributed by atoms with Crippen LogP contribution in [-0.4, -0.2) is 19.5 Å². The zero-order valence-corrected chi connectivity index (χ0v) is 14.7. The van der Waals surface area contributed by atoms with E-state index in [1.165, 1.54) is 16.7 Å². The maximum absolute atomic E-state index is 4.67. The van der Waals surface area contributed by atoms with Crippen molar-refractivity contribution in [3.63, 3.8) is 0 Å². The van der Waals surface area contributed by atoms with Crippen LogP contribution in [0.25, 0.3) is 27.8 Å². The zero-order valence-electron chi connectivity index (χ0n) is 14.7. The van der Waals surface area contributed by atoms with Gasteiger partial charge in [-0.1, -0.05) is 54.6 Å². The van der Waals surface area contributed by atoms with E-state index in [1.807, 2.05) is 35.3 Å². The molecule has 2 heterocycles. The van der Waals surface area contributed by atoms with Crippen LogP contribution in [0.1, 0.15) is 11.4 Å². The molecule has 27 heavy (non-hydrogen) atoms. The highest BCUT2D eigenvalue weighted by Crippen LogP contribution is 2.27. The van der Waals surface area contributed by atoms with Gasteiger partial charge in [0.1, 0.15) is 5.82 Å². The maximum Gasteiger partial charge on any atom is 0.111 e. The summed E-state index contributed by atoms with van der Waals surface area (Å²) >= 11 is 0. The number of nitrogens with zero attached hydrogens (tertiary/aromatic N) is 3. The summed E-state index contributed by atoms with van der Waals surface area (Å²) in [6.45, 7) is 0. The molecule has 0 bridgehead atoms. The van der Waals surface area contributed by atoms with E-state index in [-0.39, 0.29) is 0 Å². The maximum atomic E-state index is 4.67. The Morgan fingerprint density at radius 2 is 1.67 bits per heavy atom. The first-order valence-electron chi connectivity index (χ1n) is 8.97. The molecule has 0 saturated heterocycles. The minimum Gasteiger partial charge on any atom is -0.342 e. The van der Waals surface area contributed by atoms with Crippen molar-refractivity contribution in [1.29, 1.82) is 0 Å². The molecule has 0 aliphatic heterocycles. The normalized spacial score (nSPS) is 11.1. The third-order valence-corrected chi connectivity index (χ3v) is 4.76. The molecule has 5 rings (SSSR count). The second kappa shape index (κ2) is 6.57. The number of rotatable bonds is 4. The SMILES string of the molecule is c1ccc(-n2ccnc2)c(-c2ccc(Cc3nc4ccccc4[nH]3)cc2)c1. The number of imidazole rings is 2. The van der Waals surface area contributed by atoms with Crippen LogP contribution in [0.5, 0.6) is 0 Å². The molecule has 0 aliphatic carbocycles. The van der Waals surface area contributed by atoms with Crippen molar-refractivity contribution >= 4 is 11.0 Å². The minimum absolute atomic E-state index is 0.790. The van der Waals surface area contributed by atoms with E-state index in [1.54, 1.807) is 6.20 Å². The lowest BCUT2D eigenvalue weighted by molar-refractivity contribution is 1.04. The lowest BCUT2D eigenvalue weighted by Crippen LogP contribution is -1.94. The van der Waals surface area contributed by atoms with Gasteiger partial charge in [-0.25, -0.2) is 9.97 Å². The quantitative estimate of drug-likeness (QED) is 0.495. The van der Waals surface area contributed by atoms with Gasteiger partial charge in [0.15, 0.2) is 0 Å². The molecule has 5 aromatic rings. The number of fused-ring (bicyclic) bond motifs is 1. The van der Waals surface area contributed by atoms with Gasteiger partial charge >= 0.3 is 0 Å². The predicted molar refractivity (Wildman–Crippen MR) is 108 cm³/mol. The smallest absolute Gasteiger partial charge is 0.111 e. The van der Waals surface area contributed by atoms with E-state index in [2.05, 4.69) is 69.5 Å². The molecule has 0 amide bonds. The average molecular weight is 350 g/mol. The largest absolute Gasteiger partial charge is 0.342 e. The highest BCUT2D eigenvalue weighted by atomic mass is 15.0. The van der Waals surface area contributed by atoms with E-state index < -0.39 is 0 Å². The third kappa shape index (κ3) is 3.02. The van der Waals surface area contributed by atoms with Crippen LogP contribution < -0.4 is 0 Å². The van der Waals surface area contributed by atoms with Crippen LogP contribution in [0, 0.1) is 0 Å². The van der Waals surface area contributed by atoms with Crippen LogP contribution in [0.3, 0.4) is 0 Å². The summed E-state index contributed by atoms with van der Waals surface area (Å²) in [5.74, 6) is 0.989. The summed E-state index contributed by atoms with van der Waals surface area (Å²) in [7, 11) is 0. The molecule has 2 aromatic heterocycles. The molecular formula is C23H18N4. The molecule has 130 valence electrons. The molecule has 0 spiro atoms. The van der Waals surface area contributed by atoms with Gasteiger partial charge in [0, 0.05) is 24.4 Å². The van der Waals surface area contributed by atoms with Gasteiger partial charge in [0.2, 0.25) is 0 Å². The minimum atomic E-state index is 0.790. The van der Waals surface area contributed by atoms with Crippen molar-refractivity contribution in [2.45, 2.75) is 6.42 Å². The predicted octanol–water partition coefficient (Wildman–Crippen LogP) is 5.01. The van der Waals surface area contributed by atoms with Crippen LogP contribution in [0.2, 0.25) is 0 Å². The fraction of sp³-hybridized carbons (Fsp3) is 0.0435. The number of hydrogen-bond donors (Lipinski definition) is 1. The molecule has 3 aromatic carbocycles. The van der Waals surface area contributed by atoms with Crippen molar-refractivity contribution in [2.24, 2.45) is 0 Å². The van der Waals surface area contributed by atoms with Gasteiger partial charge in [0.05, 0.1) is 23.0 Å². The first-order chi connectivity index (χ1) is 13.4. The number of aromatic amines is 1. The van der Waals surface area contributed by atoms with Crippen LogP contribution >= 0.6 is 0 Å². The molecule has 0 saturated carbocycles. The zero-order chi connectivity index (χ0) is 18.1. The highest BCUT2D eigenvalue weighted by molar-refractivity contribution is 5.75. The number of para-hydroxylation sites is 3. The second-order valence-electron chi connectivity index (χ2n) is 6.56. The Hall–Kier alpha value is -3.66. The number of aromatic nitrogens is 4. The summed E-state index contributed by atoms with van der Waals surface area (Å²) in [4.78, 5) is 12.2. The third-order valence-electron chi connectivity index (χ3n) is 4.76. The first kappa shape index (κ1) is 15.6. The fourth-order valence-corrected chi connectivity index (χ4v) is 3.43. The van der Waals surface area contributed by atoms with Crippen LogP contribution in [0.4, 0.5) is 0 Å². The van der Waals surface area contributed by atoms with Crippen LogP contribution in [-0.2, 0) is 6.42 Å². The van der Waals surface area contributed by atoms with E-state index in [0.717, 1.165) is 29.0 Å². The van der Waals surface area contributed by atoms with Crippen LogP contribution in [0.15, 0.2) is 91.5 Å². The number of benzene rings is 3. The Bertz CT molecular complexity index is 1150. The molecule has 0 atom stereocenters. The summed E-state index contributed by atoms with van der Waals surface area (Å²) in [5.41, 5.74) is 6.83. The molecule has 0 radical (unpaired) electrons. The lowest BCUT2D eigenvalue weighted by Gasteiger charge is -2.11. The van der Waals surface area contributed by atoms with E-state index in [0.29, 0.717) is 0 Å². The van der Waals surface area contributed by atoms with Gasteiger partial charge in [-0.05, 0) is 29.3 Å². The Morgan fingerprint density at radius 3 is 2.48 bits per heavy atom. The summed E-state index contributed by atoms with van der Waals surface area (Å²) < 4.78 is 2.04. The van der Waals surface area contributed by atoms with Gasteiger partial charge in [0.25, 0.3) is 0 Å².